The molecule has 9 heteroatoms. The molecule has 0 unspecified atom stereocenters. The first-order valence-corrected chi connectivity index (χ1v) is 11.9. The molecule has 35 heavy (non-hydrogen) atoms. The number of halogens is 2. The van der Waals surface area contributed by atoms with Crippen LogP contribution in [0.15, 0.2) is 69.0 Å². The Morgan fingerprint density at radius 2 is 2.00 bits per heavy atom. The standard InChI is InChI=1S/C26H20BrClN4O3/c1-3-34-24-11-17(10-22(28)25(24)35-15-19-7-5-4-6-18(19)13-29)14-30-32-16(2)31-23-9-8-20(27)12-21(23)26(32)33/h4-12,14H,3,15H2,1-2H3. The molecule has 0 saturated carbocycles. The number of ether oxygens (including phenoxy) is 2. The Balaban J connectivity index is 1.66. The summed E-state index contributed by atoms with van der Waals surface area (Å²) in [4.78, 5) is 17.5. The minimum Gasteiger partial charge on any atom is -0.490 e. The molecule has 0 aliphatic carbocycles. The minimum absolute atomic E-state index is 0.157. The molecule has 1 heterocycles. The average Bonchev–Trinajstić information content (AvgIpc) is 2.84. The maximum Gasteiger partial charge on any atom is 0.282 e. The summed E-state index contributed by atoms with van der Waals surface area (Å²) in [6.45, 7) is 4.12. The molecular formula is C26H20BrClN4O3. The Bertz CT molecular complexity index is 1540. The number of aromatic nitrogens is 2. The van der Waals surface area contributed by atoms with E-state index in [9.17, 15) is 10.1 Å². The number of benzene rings is 3. The van der Waals surface area contributed by atoms with Crippen LogP contribution in [0.2, 0.25) is 5.02 Å². The number of aryl methyl sites for hydroxylation is 1. The zero-order chi connectivity index (χ0) is 24.9. The van der Waals surface area contributed by atoms with Crippen molar-refractivity contribution in [3.05, 3.63) is 97.0 Å². The van der Waals surface area contributed by atoms with Crippen molar-refractivity contribution in [2.24, 2.45) is 5.10 Å². The summed E-state index contributed by atoms with van der Waals surface area (Å²) < 4.78 is 13.7. The van der Waals surface area contributed by atoms with Crippen LogP contribution in [-0.4, -0.2) is 22.5 Å². The van der Waals surface area contributed by atoms with Gasteiger partial charge in [-0.1, -0.05) is 45.7 Å². The number of hydrogen-bond donors (Lipinski definition) is 0. The van der Waals surface area contributed by atoms with E-state index in [2.05, 4.69) is 32.1 Å². The van der Waals surface area contributed by atoms with Gasteiger partial charge < -0.3 is 9.47 Å². The zero-order valence-electron chi connectivity index (χ0n) is 19.0. The topological polar surface area (TPSA) is 89.5 Å². The maximum atomic E-state index is 13.0. The number of nitriles is 1. The second-order valence-electron chi connectivity index (χ2n) is 7.50. The van der Waals surface area contributed by atoms with Crippen molar-refractivity contribution in [1.29, 1.82) is 5.26 Å². The Morgan fingerprint density at radius 1 is 1.20 bits per heavy atom. The molecule has 0 bridgehead atoms. The van der Waals surface area contributed by atoms with E-state index in [4.69, 9.17) is 21.1 Å². The average molecular weight is 552 g/mol. The van der Waals surface area contributed by atoms with Crippen LogP contribution < -0.4 is 15.0 Å². The highest BCUT2D eigenvalue weighted by Gasteiger charge is 2.14. The first-order valence-electron chi connectivity index (χ1n) is 10.7. The van der Waals surface area contributed by atoms with Gasteiger partial charge in [0, 0.05) is 10.0 Å². The number of nitrogens with zero attached hydrogens (tertiary/aromatic N) is 4. The van der Waals surface area contributed by atoms with E-state index in [0.717, 1.165) is 10.0 Å². The summed E-state index contributed by atoms with van der Waals surface area (Å²) in [5.41, 5.74) is 2.20. The summed E-state index contributed by atoms with van der Waals surface area (Å²) >= 11 is 9.92. The predicted octanol–water partition coefficient (Wildman–Crippen LogP) is 5.85. The van der Waals surface area contributed by atoms with Gasteiger partial charge in [0.25, 0.3) is 5.56 Å². The van der Waals surface area contributed by atoms with Crippen molar-refractivity contribution in [3.8, 4) is 17.6 Å². The van der Waals surface area contributed by atoms with E-state index in [1.807, 2.05) is 25.1 Å². The fourth-order valence-corrected chi connectivity index (χ4v) is 4.13. The molecule has 4 rings (SSSR count). The van der Waals surface area contributed by atoms with Crippen LogP contribution in [0.25, 0.3) is 10.9 Å². The Morgan fingerprint density at radius 3 is 2.77 bits per heavy atom. The molecule has 3 aromatic carbocycles. The van der Waals surface area contributed by atoms with E-state index in [-0.39, 0.29) is 12.2 Å². The van der Waals surface area contributed by atoms with Crippen molar-refractivity contribution in [3.63, 3.8) is 0 Å². The van der Waals surface area contributed by atoms with Gasteiger partial charge in [-0.25, -0.2) is 4.98 Å². The third kappa shape index (κ3) is 5.37. The summed E-state index contributed by atoms with van der Waals surface area (Å²) in [6, 6.07) is 18.1. The first-order chi connectivity index (χ1) is 16.9. The molecule has 7 nitrogen and oxygen atoms in total. The third-order valence-electron chi connectivity index (χ3n) is 5.13. The van der Waals surface area contributed by atoms with Gasteiger partial charge in [-0.3, -0.25) is 4.79 Å². The molecule has 4 aromatic rings. The van der Waals surface area contributed by atoms with Crippen molar-refractivity contribution in [2.75, 3.05) is 6.61 Å². The van der Waals surface area contributed by atoms with Crippen LogP contribution in [-0.2, 0) is 6.61 Å². The van der Waals surface area contributed by atoms with Gasteiger partial charge >= 0.3 is 0 Å². The van der Waals surface area contributed by atoms with Crippen LogP contribution >= 0.6 is 27.5 Å². The molecule has 0 aliphatic rings. The second kappa shape index (κ2) is 10.7. The third-order valence-corrected chi connectivity index (χ3v) is 5.91. The molecule has 0 radical (unpaired) electrons. The van der Waals surface area contributed by atoms with Gasteiger partial charge in [-0.05, 0) is 55.8 Å². The van der Waals surface area contributed by atoms with Crippen LogP contribution in [0.1, 0.15) is 29.4 Å². The highest BCUT2D eigenvalue weighted by Crippen LogP contribution is 2.37. The fraction of sp³-hybridized carbons (Fsp3) is 0.154. The number of fused-ring (bicyclic) bond motifs is 1. The SMILES string of the molecule is CCOc1cc(C=Nn2c(C)nc3ccc(Br)cc3c2=O)cc(Cl)c1OCc1ccccc1C#N. The first kappa shape index (κ1) is 24.5. The Kier molecular flexibility index (Phi) is 7.49. The van der Waals surface area contributed by atoms with Crippen molar-refractivity contribution in [2.45, 2.75) is 20.5 Å². The Hall–Kier alpha value is -3.67. The van der Waals surface area contributed by atoms with Crippen molar-refractivity contribution < 1.29 is 9.47 Å². The molecule has 0 N–H and O–H groups in total. The lowest BCUT2D eigenvalue weighted by molar-refractivity contribution is 0.269. The van der Waals surface area contributed by atoms with Gasteiger partial charge in [-0.2, -0.15) is 15.0 Å². The van der Waals surface area contributed by atoms with E-state index >= 15 is 0 Å². The fourth-order valence-electron chi connectivity index (χ4n) is 3.49. The van der Waals surface area contributed by atoms with E-state index in [1.54, 1.807) is 43.3 Å². The summed E-state index contributed by atoms with van der Waals surface area (Å²) in [5.74, 6) is 1.25. The molecule has 0 amide bonds. The highest BCUT2D eigenvalue weighted by molar-refractivity contribution is 9.10. The van der Waals surface area contributed by atoms with Gasteiger partial charge in [0.1, 0.15) is 12.4 Å². The smallest absolute Gasteiger partial charge is 0.282 e. The minimum atomic E-state index is -0.280. The van der Waals surface area contributed by atoms with Gasteiger partial charge in [-0.15, -0.1) is 0 Å². The maximum absolute atomic E-state index is 13.0. The molecule has 1 aromatic heterocycles. The van der Waals surface area contributed by atoms with Gasteiger partial charge in [0.05, 0.1) is 40.4 Å². The van der Waals surface area contributed by atoms with E-state index < -0.39 is 0 Å². The quantitative estimate of drug-likeness (QED) is 0.269. The van der Waals surface area contributed by atoms with Crippen LogP contribution in [0.3, 0.4) is 0 Å². The molecule has 0 atom stereocenters. The highest BCUT2D eigenvalue weighted by atomic mass is 79.9. The zero-order valence-corrected chi connectivity index (χ0v) is 21.3. The summed E-state index contributed by atoms with van der Waals surface area (Å²) in [7, 11) is 0. The van der Waals surface area contributed by atoms with Crippen LogP contribution in [0.4, 0.5) is 0 Å². The normalized spacial score (nSPS) is 11.1. The monoisotopic (exact) mass is 550 g/mol. The summed E-state index contributed by atoms with van der Waals surface area (Å²) in [5, 5.41) is 14.4. The molecular weight excluding hydrogens is 532 g/mol. The number of rotatable bonds is 7. The lowest BCUT2D eigenvalue weighted by Gasteiger charge is -2.15. The number of hydrogen-bond acceptors (Lipinski definition) is 6. The second-order valence-corrected chi connectivity index (χ2v) is 8.83. The molecule has 0 saturated heterocycles. The summed E-state index contributed by atoms with van der Waals surface area (Å²) in [6.07, 6.45) is 1.52. The lowest BCUT2D eigenvalue weighted by Crippen LogP contribution is -2.20. The van der Waals surface area contributed by atoms with Gasteiger partial charge in [0.2, 0.25) is 0 Å². The predicted molar refractivity (Wildman–Crippen MR) is 140 cm³/mol. The van der Waals surface area contributed by atoms with E-state index in [1.165, 1.54) is 10.9 Å². The van der Waals surface area contributed by atoms with Crippen LogP contribution in [0, 0.1) is 18.3 Å². The molecule has 0 spiro atoms. The molecule has 0 aliphatic heterocycles. The van der Waals surface area contributed by atoms with Gasteiger partial charge in [0.15, 0.2) is 11.5 Å². The van der Waals surface area contributed by atoms with E-state index in [0.29, 0.717) is 51.0 Å². The molecule has 176 valence electrons. The van der Waals surface area contributed by atoms with Crippen LogP contribution in [0.5, 0.6) is 11.5 Å². The van der Waals surface area contributed by atoms with Crippen molar-refractivity contribution >= 4 is 44.6 Å². The molecule has 0 fully saturated rings. The van der Waals surface area contributed by atoms with Crippen molar-refractivity contribution in [1.82, 2.24) is 9.66 Å². The largest absolute Gasteiger partial charge is 0.490 e. The lowest BCUT2D eigenvalue weighted by atomic mass is 10.1. The Labute approximate surface area is 215 Å².